The van der Waals surface area contributed by atoms with Crippen molar-refractivity contribution >= 4 is 99.0 Å². The Hall–Kier alpha value is -18.5. The molecule has 26 aromatic rings. The minimum atomic E-state index is -2.40. The van der Waals surface area contributed by atoms with Crippen LogP contribution in [-0.2, 0) is 4.57 Å². The van der Waals surface area contributed by atoms with E-state index in [0.717, 1.165) is 160 Å². The third-order valence-electron chi connectivity index (χ3n) is 27.1. The molecular formula is C133H91N8O2P. The molecule has 4 heterocycles. The molecule has 0 radical (unpaired) electrons. The van der Waals surface area contributed by atoms with Crippen molar-refractivity contribution in [3.05, 3.63) is 503 Å². The molecule has 22 aromatic carbocycles. The van der Waals surface area contributed by atoms with Gasteiger partial charge in [-0.3, -0.25) is 0 Å². The molecule has 11 heteroatoms. The van der Waals surface area contributed by atoms with Gasteiger partial charge in [-0.1, -0.05) is 467 Å². The molecule has 10 nitrogen and oxygen atoms in total. The highest BCUT2D eigenvalue weighted by molar-refractivity contribution is 7.70. The van der Waals surface area contributed by atoms with Gasteiger partial charge in [0.1, 0.15) is 18.3 Å². The van der Waals surface area contributed by atoms with Gasteiger partial charge in [0.15, 0.2) is 40.8 Å². The fourth-order valence-corrected chi connectivity index (χ4v) is 21.3. The third kappa shape index (κ3) is 17.1. The average Bonchev–Trinajstić information content (AvgIpc) is 1.00. The number of hydrogen-bond acceptors (Lipinski definition) is 10. The van der Waals surface area contributed by atoms with Crippen LogP contribution in [0.25, 0.3) is 256 Å². The van der Waals surface area contributed by atoms with Gasteiger partial charge in [-0.25, -0.2) is 39.9 Å². The quantitative estimate of drug-likeness (QED) is 0.0680. The van der Waals surface area contributed by atoms with Crippen molar-refractivity contribution in [2.75, 3.05) is 13.3 Å². The number of benzene rings is 22. The van der Waals surface area contributed by atoms with Crippen LogP contribution in [0.4, 0.5) is 0 Å². The lowest BCUT2D eigenvalue weighted by molar-refractivity contribution is 0.588. The van der Waals surface area contributed by atoms with E-state index in [1.54, 1.807) is 0 Å². The third-order valence-corrected chi connectivity index (χ3v) is 28.6. The Labute approximate surface area is 834 Å². The highest BCUT2D eigenvalue weighted by atomic mass is 31.2. The first kappa shape index (κ1) is 88.2. The zero-order valence-electron chi connectivity index (χ0n) is 79.2. The van der Waals surface area contributed by atoms with Gasteiger partial charge >= 0.3 is 0 Å². The summed E-state index contributed by atoms with van der Waals surface area (Å²) in [7, 11) is -2.40. The maximum absolute atomic E-state index is 12.9. The summed E-state index contributed by atoms with van der Waals surface area (Å²) in [6.45, 7) is 5.76. The van der Waals surface area contributed by atoms with Gasteiger partial charge in [-0.05, 0) is 177 Å². The van der Waals surface area contributed by atoms with Crippen LogP contribution in [0.5, 0.6) is 0 Å². The van der Waals surface area contributed by atoms with Gasteiger partial charge in [0.05, 0.1) is 11.4 Å². The van der Waals surface area contributed by atoms with Gasteiger partial charge < -0.3 is 8.98 Å². The highest BCUT2D eigenvalue weighted by Gasteiger charge is 2.28. The summed E-state index contributed by atoms with van der Waals surface area (Å²) in [5.74, 6) is 4.43. The predicted octanol–water partition coefficient (Wildman–Crippen LogP) is 34.6. The zero-order valence-corrected chi connectivity index (χ0v) is 80.1. The molecule has 0 atom stereocenters. The standard InChI is InChI=1S/C47H29N3O.C43H32N3OP.C43H30N2/c1-4-15-30(16-5-1)42-36-22-10-11-23-37(36)44-38(43(42)31-17-6-2-7-18-31)24-14-25-39(44)47-49-45(32-19-8-3-9-20-32)48-46(50-47)33-27-28-35-34-21-12-13-26-40(34)51-41(35)29-33;1-48(2,47)34-25-22-30(23-26-34)40-37-27-24-33(28-38(37)35-20-12-13-21-36(35)39(40)29-14-6-3-7-15-29)43-45-41(31-16-8-4-9-17-31)44-42(46-43)32-18-10-5-11-19-32;1-29-15-13-22-33(27-29)39-28-38(30-16-5-2-6-17-30)44-43(45-39)37-26-14-25-36-41(32-20-9-4-10-21-32)40(31-18-7-3-8-19-31)34-23-11-12-24-35(34)42(36)37/h1-29H;3-28H,1-2H3;2-28H,1H3. The van der Waals surface area contributed by atoms with Crippen LogP contribution in [0, 0.1) is 6.92 Å². The Balaban J connectivity index is 0.000000116. The molecule has 0 aliphatic rings. The number of aromatic nitrogens is 8. The fourth-order valence-electron chi connectivity index (χ4n) is 20.4. The number of para-hydroxylation sites is 1. The lowest BCUT2D eigenvalue weighted by Crippen LogP contribution is -2.02. The van der Waals surface area contributed by atoms with Gasteiger partial charge in [-0.15, -0.1) is 0 Å². The van der Waals surface area contributed by atoms with E-state index < -0.39 is 7.14 Å². The molecule has 680 valence electrons. The second-order valence-corrected chi connectivity index (χ2v) is 39.8. The summed E-state index contributed by atoms with van der Waals surface area (Å²) < 4.78 is 19.2. The lowest BCUT2D eigenvalue weighted by atomic mass is 9.83. The second-order valence-electron chi connectivity index (χ2n) is 36.5. The first-order chi connectivity index (χ1) is 71.0. The van der Waals surface area contributed by atoms with E-state index in [1.165, 1.54) is 71.6 Å². The molecule has 4 aromatic heterocycles. The van der Waals surface area contributed by atoms with Crippen molar-refractivity contribution < 1.29 is 8.98 Å². The van der Waals surface area contributed by atoms with Crippen LogP contribution >= 0.6 is 7.14 Å². The monoisotopic (exact) mass is 1860 g/mol. The minimum absolute atomic E-state index is 0.590. The Morgan fingerprint density at radius 3 is 0.875 bits per heavy atom. The van der Waals surface area contributed by atoms with E-state index >= 15 is 0 Å². The second kappa shape index (κ2) is 38.4. The molecule has 0 saturated carbocycles. The average molecular weight is 1860 g/mol. The van der Waals surface area contributed by atoms with Crippen molar-refractivity contribution in [1.82, 2.24) is 39.9 Å². The van der Waals surface area contributed by atoms with E-state index in [2.05, 4.69) is 371 Å². The first-order valence-corrected chi connectivity index (χ1v) is 51.1. The smallest absolute Gasteiger partial charge is 0.164 e. The number of nitrogens with zero attached hydrogens (tertiary/aromatic N) is 8. The summed E-state index contributed by atoms with van der Waals surface area (Å²) in [4.78, 5) is 40.9. The molecule has 0 aliphatic carbocycles. The van der Waals surface area contributed by atoms with Gasteiger partial charge in [0.25, 0.3) is 0 Å². The molecule has 0 spiro atoms. The lowest BCUT2D eigenvalue weighted by Gasteiger charge is -2.20. The van der Waals surface area contributed by atoms with Crippen LogP contribution in [0.15, 0.2) is 502 Å². The zero-order chi connectivity index (χ0) is 96.6. The van der Waals surface area contributed by atoms with E-state index in [4.69, 9.17) is 44.3 Å². The van der Waals surface area contributed by atoms with Crippen molar-refractivity contribution in [3.63, 3.8) is 0 Å². The molecule has 144 heavy (non-hydrogen) atoms. The molecule has 0 bridgehead atoms. The summed E-state index contributed by atoms with van der Waals surface area (Å²) in [5.41, 5.74) is 27.5. The number of hydrogen-bond donors (Lipinski definition) is 0. The van der Waals surface area contributed by atoms with Gasteiger partial charge in [-0.2, -0.15) is 0 Å². The van der Waals surface area contributed by atoms with Crippen LogP contribution < -0.4 is 5.30 Å². The minimum Gasteiger partial charge on any atom is -0.456 e. The Bertz CT molecular complexity index is 9350. The molecule has 0 N–H and O–H groups in total. The van der Waals surface area contributed by atoms with Crippen LogP contribution in [0.2, 0.25) is 0 Å². The summed E-state index contributed by atoms with van der Waals surface area (Å²) in [6.07, 6.45) is 0. The highest BCUT2D eigenvalue weighted by Crippen LogP contribution is 2.52. The number of aryl methyl sites for hydroxylation is 1. The maximum atomic E-state index is 12.9. The Kier molecular flexibility index (Phi) is 23.5. The Morgan fingerprint density at radius 2 is 0.458 bits per heavy atom. The van der Waals surface area contributed by atoms with Crippen LogP contribution in [0.3, 0.4) is 0 Å². The van der Waals surface area contributed by atoms with Gasteiger partial charge in [0, 0.05) is 76.9 Å². The molecule has 0 aliphatic heterocycles. The van der Waals surface area contributed by atoms with Crippen molar-refractivity contribution in [1.29, 1.82) is 0 Å². The number of furan rings is 1. The molecule has 0 fully saturated rings. The normalized spacial score (nSPS) is 11.5. The van der Waals surface area contributed by atoms with Crippen LogP contribution in [0.1, 0.15) is 5.56 Å². The topological polar surface area (TPSA) is 133 Å². The predicted molar refractivity (Wildman–Crippen MR) is 599 cm³/mol. The molecular weight excluding hydrogens is 1770 g/mol. The number of rotatable bonds is 16. The molecule has 0 amide bonds. The summed E-state index contributed by atoms with van der Waals surface area (Å²) in [6, 6.07) is 173. The van der Waals surface area contributed by atoms with Crippen molar-refractivity contribution in [2.45, 2.75) is 6.92 Å². The van der Waals surface area contributed by atoms with E-state index in [9.17, 15) is 4.57 Å². The van der Waals surface area contributed by atoms with Gasteiger partial charge in [0.2, 0.25) is 0 Å². The first-order valence-electron chi connectivity index (χ1n) is 48.5. The Morgan fingerprint density at radius 1 is 0.181 bits per heavy atom. The van der Waals surface area contributed by atoms with Crippen molar-refractivity contribution in [3.8, 4) is 169 Å². The van der Waals surface area contributed by atoms with E-state index in [1.807, 2.05) is 147 Å². The van der Waals surface area contributed by atoms with Crippen LogP contribution in [-0.4, -0.2) is 53.2 Å². The molecule has 0 unspecified atom stereocenters. The molecule has 26 rings (SSSR count). The largest absolute Gasteiger partial charge is 0.456 e. The summed E-state index contributed by atoms with van der Waals surface area (Å²) >= 11 is 0. The SMILES string of the molecule is CP(C)(=O)c1ccc(-c2c(-c3ccccc3)c3ccccc3c3cc(-c4nc(-c5ccccc5)nc(-c5ccccc5)n4)ccc23)cc1.Cc1cccc(-c2cc(-c3ccccc3)nc(-c3cccc4c(-c5ccccc5)c(-c5ccccc5)c5ccccc5c34)n2)c1.c1ccc(-c2nc(-c3ccc4c(c3)oc3ccccc34)nc(-c3cccc4c(-c5ccccc5)c(-c5ccccc5)c5ccccc5c34)n2)cc1. The van der Waals surface area contributed by atoms with Crippen molar-refractivity contribution in [2.24, 2.45) is 0 Å². The summed E-state index contributed by atoms with van der Waals surface area (Å²) in [5, 5.41) is 16.9. The maximum Gasteiger partial charge on any atom is 0.164 e. The molecule has 0 saturated heterocycles. The van der Waals surface area contributed by atoms with E-state index in [-0.39, 0.29) is 0 Å². The fraction of sp³-hybridized carbons (Fsp3) is 0.0226. The number of fused-ring (bicyclic) bond motifs is 12. The van der Waals surface area contributed by atoms with E-state index in [0.29, 0.717) is 34.9 Å².